The minimum absolute atomic E-state index is 0.0538. The van der Waals surface area contributed by atoms with Crippen LogP contribution in [0.4, 0.5) is 20.2 Å². The summed E-state index contributed by atoms with van der Waals surface area (Å²) in [5.41, 5.74) is -0.868. The quantitative estimate of drug-likeness (QED) is 0.529. The third-order valence-corrected chi connectivity index (χ3v) is 3.47. The minimum Gasteiger partial charge on any atom is -0.457 e. The molecule has 2 aromatic rings. The molecule has 3 rings (SSSR count). The van der Waals surface area contributed by atoms with Crippen LogP contribution in [0, 0.1) is 21.7 Å². The SMILES string of the molecule is O=C(Nc1cccc2c1COC2=O)c1cc(F)c([N+](=O)[O-])cc1F. The predicted molar refractivity (Wildman–Crippen MR) is 76.5 cm³/mol. The van der Waals surface area contributed by atoms with Crippen LogP contribution in [0.3, 0.4) is 0 Å². The number of anilines is 1. The number of carbonyl (C=O) groups is 2. The molecule has 9 heteroatoms. The number of halogens is 2. The molecule has 0 unspecified atom stereocenters. The maximum Gasteiger partial charge on any atom is 0.338 e. The number of hydrogen-bond donors (Lipinski definition) is 1. The van der Waals surface area contributed by atoms with E-state index >= 15 is 0 Å². The van der Waals surface area contributed by atoms with E-state index in [9.17, 15) is 28.5 Å². The lowest BCUT2D eigenvalue weighted by Crippen LogP contribution is -2.16. The van der Waals surface area contributed by atoms with Crippen molar-refractivity contribution in [3.05, 3.63) is 68.8 Å². The van der Waals surface area contributed by atoms with E-state index in [1.807, 2.05) is 0 Å². The normalized spacial score (nSPS) is 12.5. The molecule has 2 aromatic carbocycles. The summed E-state index contributed by atoms with van der Waals surface area (Å²) in [4.78, 5) is 33.1. The molecule has 7 nitrogen and oxygen atoms in total. The molecule has 1 amide bonds. The molecular formula is C15H8F2N2O5. The van der Waals surface area contributed by atoms with E-state index in [0.717, 1.165) is 0 Å². The van der Waals surface area contributed by atoms with E-state index in [1.165, 1.54) is 18.2 Å². The maximum atomic E-state index is 13.9. The van der Waals surface area contributed by atoms with Gasteiger partial charge in [0.1, 0.15) is 12.4 Å². The predicted octanol–water partition coefficient (Wildman–Crippen LogP) is 2.80. The summed E-state index contributed by atoms with van der Waals surface area (Å²) in [6.07, 6.45) is 0. The molecule has 0 aromatic heterocycles. The fraction of sp³-hybridized carbons (Fsp3) is 0.0667. The smallest absolute Gasteiger partial charge is 0.338 e. The standard InChI is InChI=1S/C15H8F2N2O5/c16-10-5-13(19(22)23)11(17)4-8(10)14(20)18-12-3-1-2-7-9(12)6-24-15(7)21/h1-5H,6H2,(H,18,20). The Bertz CT molecular complexity index is 898. The van der Waals surface area contributed by atoms with Gasteiger partial charge in [0.15, 0.2) is 0 Å². The number of rotatable bonds is 3. The van der Waals surface area contributed by atoms with Gasteiger partial charge in [-0.2, -0.15) is 4.39 Å². The monoisotopic (exact) mass is 334 g/mol. The topological polar surface area (TPSA) is 98.5 Å². The van der Waals surface area contributed by atoms with Crippen molar-refractivity contribution in [2.45, 2.75) is 6.61 Å². The van der Waals surface area contributed by atoms with Crippen molar-refractivity contribution in [2.75, 3.05) is 5.32 Å². The third-order valence-electron chi connectivity index (χ3n) is 3.47. The van der Waals surface area contributed by atoms with Gasteiger partial charge in [-0.25, -0.2) is 9.18 Å². The van der Waals surface area contributed by atoms with E-state index in [0.29, 0.717) is 17.7 Å². The van der Waals surface area contributed by atoms with Crippen LogP contribution >= 0.6 is 0 Å². The molecule has 0 atom stereocenters. The Morgan fingerprint density at radius 3 is 2.71 bits per heavy atom. The van der Waals surface area contributed by atoms with Crippen LogP contribution in [0.2, 0.25) is 0 Å². The van der Waals surface area contributed by atoms with Crippen LogP contribution in [-0.2, 0) is 11.3 Å². The number of hydrogen-bond acceptors (Lipinski definition) is 5. The molecule has 1 aliphatic rings. The first-order valence-corrected chi connectivity index (χ1v) is 6.62. The number of benzene rings is 2. The van der Waals surface area contributed by atoms with Crippen LogP contribution in [0.5, 0.6) is 0 Å². The molecule has 0 spiro atoms. The highest BCUT2D eigenvalue weighted by molar-refractivity contribution is 6.06. The van der Waals surface area contributed by atoms with E-state index in [2.05, 4.69) is 5.32 Å². The van der Waals surface area contributed by atoms with Gasteiger partial charge in [-0.05, 0) is 18.2 Å². The van der Waals surface area contributed by atoms with Gasteiger partial charge in [0.2, 0.25) is 5.82 Å². The summed E-state index contributed by atoms with van der Waals surface area (Å²) in [5.74, 6) is -4.12. The van der Waals surface area contributed by atoms with Crippen molar-refractivity contribution in [1.82, 2.24) is 0 Å². The number of ether oxygens (including phenoxy) is 1. The Balaban J connectivity index is 1.93. The van der Waals surface area contributed by atoms with Gasteiger partial charge in [-0.15, -0.1) is 0 Å². The number of carbonyl (C=O) groups excluding carboxylic acids is 2. The summed E-state index contributed by atoms with van der Waals surface area (Å²) in [5, 5.41) is 12.9. The Morgan fingerprint density at radius 1 is 1.25 bits per heavy atom. The molecule has 0 aliphatic carbocycles. The Kier molecular flexibility index (Phi) is 3.68. The van der Waals surface area contributed by atoms with Crippen LogP contribution < -0.4 is 5.32 Å². The minimum atomic E-state index is -1.33. The fourth-order valence-electron chi connectivity index (χ4n) is 2.31. The summed E-state index contributed by atoms with van der Waals surface area (Å²) >= 11 is 0. The van der Waals surface area contributed by atoms with Crippen molar-refractivity contribution < 1.29 is 28.0 Å². The zero-order valence-electron chi connectivity index (χ0n) is 11.8. The second-order valence-corrected chi connectivity index (χ2v) is 4.90. The highest BCUT2D eigenvalue weighted by Crippen LogP contribution is 2.28. The Hall–Kier alpha value is -3.36. The highest BCUT2D eigenvalue weighted by Gasteiger charge is 2.26. The first-order chi connectivity index (χ1) is 11.4. The number of nitrogens with one attached hydrogen (secondary N) is 1. The average Bonchev–Trinajstić information content (AvgIpc) is 2.91. The molecule has 0 saturated carbocycles. The Labute approximate surface area is 133 Å². The van der Waals surface area contributed by atoms with Crippen molar-refractivity contribution in [2.24, 2.45) is 0 Å². The molecular weight excluding hydrogens is 326 g/mol. The summed E-state index contributed by atoms with van der Waals surface area (Å²) in [6, 6.07) is 5.26. The van der Waals surface area contributed by atoms with E-state index in [4.69, 9.17) is 4.74 Å². The number of cyclic esters (lactones) is 1. The van der Waals surface area contributed by atoms with Crippen molar-refractivity contribution in [3.63, 3.8) is 0 Å². The average molecular weight is 334 g/mol. The molecule has 1 aliphatic heterocycles. The summed E-state index contributed by atoms with van der Waals surface area (Å²) in [6.45, 7) is -0.0538. The number of nitro groups is 1. The molecule has 1 heterocycles. The van der Waals surface area contributed by atoms with E-state index < -0.39 is 39.7 Å². The van der Waals surface area contributed by atoms with Gasteiger partial charge in [0.05, 0.1) is 22.1 Å². The molecule has 0 bridgehead atoms. The third kappa shape index (κ3) is 2.56. The van der Waals surface area contributed by atoms with E-state index in [-0.39, 0.29) is 17.9 Å². The second-order valence-electron chi connectivity index (χ2n) is 4.90. The maximum absolute atomic E-state index is 13.9. The summed E-state index contributed by atoms with van der Waals surface area (Å²) < 4.78 is 32.3. The number of esters is 1. The highest BCUT2D eigenvalue weighted by atomic mass is 19.1. The fourth-order valence-corrected chi connectivity index (χ4v) is 2.31. The number of fused-ring (bicyclic) bond motifs is 1. The first-order valence-electron chi connectivity index (χ1n) is 6.62. The Morgan fingerprint density at radius 2 is 2.00 bits per heavy atom. The second kappa shape index (κ2) is 5.69. The van der Waals surface area contributed by atoms with Crippen molar-refractivity contribution in [3.8, 4) is 0 Å². The lowest BCUT2D eigenvalue weighted by atomic mass is 10.1. The molecule has 122 valence electrons. The van der Waals surface area contributed by atoms with Crippen LogP contribution in [0.15, 0.2) is 30.3 Å². The van der Waals surface area contributed by atoms with Gasteiger partial charge >= 0.3 is 11.7 Å². The molecule has 0 radical (unpaired) electrons. The van der Waals surface area contributed by atoms with Gasteiger partial charge in [0, 0.05) is 11.3 Å². The first kappa shape index (κ1) is 15.5. The van der Waals surface area contributed by atoms with Crippen LogP contribution in [-0.4, -0.2) is 16.8 Å². The summed E-state index contributed by atoms with van der Waals surface area (Å²) in [7, 11) is 0. The number of amides is 1. The van der Waals surface area contributed by atoms with Gasteiger partial charge < -0.3 is 10.1 Å². The number of nitrogens with zero attached hydrogens (tertiary/aromatic N) is 1. The van der Waals surface area contributed by atoms with E-state index in [1.54, 1.807) is 0 Å². The lowest BCUT2D eigenvalue weighted by molar-refractivity contribution is -0.387. The largest absolute Gasteiger partial charge is 0.457 e. The van der Waals surface area contributed by atoms with Crippen LogP contribution in [0.1, 0.15) is 26.3 Å². The molecule has 1 N–H and O–H groups in total. The zero-order valence-corrected chi connectivity index (χ0v) is 11.8. The van der Waals surface area contributed by atoms with Crippen molar-refractivity contribution >= 4 is 23.3 Å². The molecule has 0 fully saturated rings. The van der Waals surface area contributed by atoms with Gasteiger partial charge in [-0.3, -0.25) is 14.9 Å². The van der Waals surface area contributed by atoms with Gasteiger partial charge in [-0.1, -0.05) is 6.07 Å². The molecule has 24 heavy (non-hydrogen) atoms. The molecule has 0 saturated heterocycles. The zero-order chi connectivity index (χ0) is 17.4. The van der Waals surface area contributed by atoms with Gasteiger partial charge in [0.25, 0.3) is 5.91 Å². The van der Waals surface area contributed by atoms with Crippen molar-refractivity contribution in [1.29, 1.82) is 0 Å². The lowest BCUT2D eigenvalue weighted by Gasteiger charge is -2.09. The number of nitro benzene ring substituents is 1. The van der Waals surface area contributed by atoms with Crippen LogP contribution in [0.25, 0.3) is 0 Å².